The number of carbonyl (C=O) groups excluding carboxylic acids is 1. The summed E-state index contributed by atoms with van der Waals surface area (Å²) >= 11 is 1.10. The maximum absolute atomic E-state index is 12.0. The Morgan fingerprint density at radius 2 is 1.60 bits per heavy atom. The third kappa shape index (κ3) is 4.33. The number of amides is 1. The van der Waals surface area contributed by atoms with Gasteiger partial charge >= 0.3 is 5.97 Å². The van der Waals surface area contributed by atoms with Gasteiger partial charge in [-0.05, 0) is 34.6 Å². The zero-order valence-electron chi connectivity index (χ0n) is 13.4. The topological polar surface area (TPSA) is 66.4 Å². The maximum Gasteiger partial charge on any atom is 0.348 e. The molecule has 3 aromatic rings. The lowest BCUT2D eigenvalue weighted by Gasteiger charge is -2.06. The molecule has 0 aliphatic carbocycles. The Balaban J connectivity index is 1.57. The van der Waals surface area contributed by atoms with Crippen molar-refractivity contribution in [3.63, 3.8) is 0 Å². The summed E-state index contributed by atoms with van der Waals surface area (Å²) in [5.41, 5.74) is 3.73. The molecule has 0 saturated heterocycles. The van der Waals surface area contributed by atoms with E-state index in [4.69, 9.17) is 5.11 Å². The predicted octanol–water partition coefficient (Wildman–Crippen LogP) is 4.68. The summed E-state index contributed by atoms with van der Waals surface area (Å²) in [5, 5.41) is 13.4. The molecule has 0 saturated carbocycles. The molecular weight excluding hydrogens is 334 g/mol. The lowest BCUT2D eigenvalue weighted by Crippen LogP contribution is -2.13. The van der Waals surface area contributed by atoms with E-state index in [1.807, 2.05) is 42.5 Å². The van der Waals surface area contributed by atoms with Gasteiger partial charge in [0.05, 0.1) is 5.69 Å². The van der Waals surface area contributed by atoms with E-state index in [0.29, 0.717) is 18.5 Å². The van der Waals surface area contributed by atoms with Crippen LogP contribution in [0, 0.1) is 0 Å². The molecule has 0 fully saturated rings. The minimum absolute atomic E-state index is 0.153. The number of anilines is 1. The van der Waals surface area contributed by atoms with Crippen LogP contribution in [0.15, 0.2) is 66.0 Å². The molecule has 0 aliphatic rings. The molecule has 0 radical (unpaired) electrons. The van der Waals surface area contributed by atoms with Crippen molar-refractivity contribution in [3.05, 3.63) is 76.5 Å². The molecule has 5 heteroatoms. The van der Waals surface area contributed by atoms with Crippen molar-refractivity contribution in [1.82, 2.24) is 0 Å². The number of rotatable bonds is 6. The van der Waals surface area contributed by atoms with Crippen molar-refractivity contribution in [1.29, 1.82) is 0 Å². The lowest BCUT2D eigenvalue weighted by molar-refractivity contribution is -0.116. The van der Waals surface area contributed by atoms with Gasteiger partial charge in [0, 0.05) is 6.42 Å². The second kappa shape index (κ2) is 7.77. The molecule has 0 aliphatic heterocycles. The van der Waals surface area contributed by atoms with Gasteiger partial charge in [-0.3, -0.25) is 4.79 Å². The monoisotopic (exact) mass is 351 g/mol. The molecule has 0 spiro atoms. The van der Waals surface area contributed by atoms with Gasteiger partial charge in [-0.15, -0.1) is 11.3 Å². The molecule has 0 unspecified atom stereocenters. The van der Waals surface area contributed by atoms with Gasteiger partial charge in [-0.2, -0.15) is 0 Å². The van der Waals surface area contributed by atoms with Gasteiger partial charge < -0.3 is 10.4 Å². The first-order chi connectivity index (χ1) is 12.1. The molecule has 0 bridgehead atoms. The predicted molar refractivity (Wildman–Crippen MR) is 100 cm³/mol. The molecule has 126 valence electrons. The van der Waals surface area contributed by atoms with Crippen molar-refractivity contribution in [2.24, 2.45) is 0 Å². The van der Waals surface area contributed by atoms with Crippen molar-refractivity contribution in [2.75, 3.05) is 5.32 Å². The van der Waals surface area contributed by atoms with Crippen molar-refractivity contribution >= 4 is 28.9 Å². The average molecular weight is 351 g/mol. The van der Waals surface area contributed by atoms with Gasteiger partial charge in [0.2, 0.25) is 5.91 Å². The third-order valence-corrected chi connectivity index (χ3v) is 4.74. The molecular formula is C20H17NO3S. The van der Waals surface area contributed by atoms with E-state index < -0.39 is 5.97 Å². The van der Waals surface area contributed by atoms with E-state index in [1.165, 1.54) is 0 Å². The van der Waals surface area contributed by atoms with E-state index in [2.05, 4.69) is 17.4 Å². The van der Waals surface area contributed by atoms with Crippen LogP contribution in [0.3, 0.4) is 0 Å². The van der Waals surface area contributed by atoms with Gasteiger partial charge in [0.1, 0.15) is 4.88 Å². The average Bonchev–Trinajstić information content (AvgIpc) is 3.09. The Kier molecular flexibility index (Phi) is 5.26. The number of nitrogens with one attached hydrogen (secondary N) is 1. The summed E-state index contributed by atoms with van der Waals surface area (Å²) in [6, 6.07) is 19.8. The first-order valence-electron chi connectivity index (χ1n) is 7.88. The SMILES string of the molecule is O=C(CCc1ccc(-c2ccccc2)cc1)Nc1ccsc1C(=O)O. The number of benzene rings is 2. The molecule has 1 aromatic heterocycles. The second-order valence-corrected chi connectivity index (χ2v) is 6.50. The highest BCUT2D eigenvalue weighted by atomic mass is 32.1. The number of carboxylic acid groups (broad SMARTS) is 1. The zero-order valence-corrected chi connectivity index (χ0v) is 14.3. The number of thiophene rings is 1. The normalized spacial score (nSPS) is 10.4. The largest absolute Gasteiger partial charge is 0.477 e. The molecule has 1 heterocycles. The summed E-state index contributed by atoms with van der Waals surface area (Å²) in [5.74, 6) is -1.21. The van der Waals surface area contributed by atoms with Crippen LogP contribution in [0.5, 0.6) is 0 Å². The highest BCUT2D eigenvalue weighted by Crippen LogP contribution is 2.23. The van der Waals surface area contributed by atoms with Crippen molar-refractivity contribution in [2.45, 2.75) is 12.8 Å². The van der Waals surface area contributed by atoms with Crippen LogP contribution in [-0.4, -0.2) is 17.0 Å². The van der Waals surface area contributed by atoms with Crippen LogP contribution in [0.2, 0.25) is 0 Å². The highest BCUT2D eigenvalue weighted by Gasteiger charge is 2.13. The zero-order chi connectivity index (χ0) is 17.6. The Labute approximate surface area is 149 Å². The van der Waals surface area contributed by atoms with Crippen LogP contribution in [0.4, 0.5) is 5.69 Å². The number of aryl methyl sites for hydroxylation is 1. The molecule has 2 N–H and O–H groups in total. The fraction of sp³-hybridized carbons (Fsp3) is 0.100. The fourth-order valence-electron chi connectivity index (χ4n) is 2.54. The molecule has 1 amide bonds. The lowest BCUT2D eigenvalue weighted by atomic mass is 10.0. The standard InChI is InChI=1S/C20H17NO3S/c22-18(21-17-12-13-25-19(17)20(23)24)11-8-14-6-9-16(10-7-14)15-4-2-1-3-5-15/h1-7,9-10,12-13H,8,11H2,(H,21,22)(H,23,24). The quantitative estimate of drug-likeness (QED) is 0.677. The first-order valence-corrected chi connectivity index (χ1v) is 8.76. The van der Waals surface area contributed by atoms with E-state index in [0.717, 1.165) is 28.0 Å². The van der Waals surface area contributed by atoms with Gasteiger partial charge in [-0.1, -0.05) is 54.6 Å². The molecule has 3 rings (SSSR count). The van der Waals surface area contributed by atoms with Crippen LogP contribution >= 0.6 is 11.3 Å². The molecule has 25 heavy (non-hydrogen) atoms. The number of aromatic carboxylic acids is 1. The van der Waals surface area contributed by atoms with E-state index in [1.54, 1.807) is 11.4 Å². The molecule has 2 aromatic carbocycles. The summed E-state index contributed by atoms with van der Waals surface area (Å²) in [4.78, 5) is 23.3. The molecule has 4 nitrogen and oxygen atoms in total. The van der Waals surface area contributed by atoms with Crippen LogP contribution in [0.25, 0.3) is 11.1 Å². The molecule has 0 atom stereocenters. The van der Waals surface area contributed by atoms with E-state index in [9.17, 15) is 9.59 Å². The summed E-state index contributed by atoms with van der Waals surface area (Å²) in [7, 11) is 0. The van der Waals surface area contributed by atoms with Crippen LogP contribution in [-0.2, 0) is 11.2 Å². The Morgan fingerprint density at radius 1 is 0.920 bits per heavy atom. The Hall–Kier alpha value is -2.92. The smallest absolute Gasteiger partial charge is 0.348 e. The first kappa shape index (κ1) is 16.9. The summed E-state index contributed by atoms with van der Waals surface area (Å²) in [6.45, 7) is 0. The Morgan fingerprint density at radius 3 is 2.28 bits per heavy atom. The minimum atomic E-state index is -1.03. The number of hydrogen-bond acceptors (Lipinski definition) is 3. The van der Waals surface area contributed by atoms with Crippen molar-refractivity contribution in [3.8, 4) is 11.1 Å². The maximum atomic E-state index is 12.0. The van der Waals surface area contributed by atoms with Gasteiger partial charge in [-0.25, -0.2) is 4.79 Å². The van der Waals surface area contributed by atoms with Gasteiger partial charge in [0.15, 0.2) is 0 Å². The Bertz CT molecular complexity index is 869. The third-order valence-electron chi connectivity index (χ3n) is 3.84. The van der Waals surface area contributed by atoms with Gasteiger partial charge in [0.25, 0.3) is 0 Å². The fourth-order valence-corrected chi connectivity index (χ4v) is 3.23. The summed E-state index contributed by atoms with van der Waals surface area (Å²) in [6.07, 6.45) is 0.910. The van der Waals surface area contributed by atoms with Crippen LogP contribution < -0.4 is 5.32 Å². The van der Waals surface area contributed by atoms with Crippen molar-refractivity contribution < 1.29 is 14.7 Å². The van der Waals surface area contributed by atoms with E-state index in [-0.39, 0.29) is 10.8 Å². The van der Waals surface area contributed by atoms with E-state index >= 15 is 0 Å². The number of hydrogen-bond donors (Lipinski definition) is 2. The number of carboxylic acids is 1. The van der Waals surface area contributed by atoms with Crippen LogP contribution in [0.1, 0.15) is 21.7 Å². The number of carbonyl (C=O) groups is 2. The summed E-state index contributed by atoms with van der Waals surface area (Å²) < 4.78 is 0. The highest BCUT2D eigenvalue weighted by molar-refractivity contribution is 7.12. The second-order valence-electron chi connectivity index (χ2n) is 5.58. The minimum Gasteiger partial charge on any atom is -0.477 e.